The van der Waals surface area contributed by atoms with Gasteiger partial charge in [0, 0.05) is 18.1 Å². The third kappa shape index (κ3) is 3.89. The second-order valence-electron chi connectivity index (χ2n) is 5.79. The van der Waals surface area contributed by atoms with E-state index >= 15 is 0 Å². The maximum absolute atomic E-state index is 6.22. The summed E-state index contributed by atoms with van der Waals surface area (Å²) in [5, 5.41) is 0.752. The quantitative estimate of drug-likeness (QED) is 0.600. The average Bonchev–Trinajstić information content (AvgIpc) is 2.90. The van der Waals surface area contributed by atoms with Crippen LogP contribution in [0.5, 0.6) is 5.75 Å². The summed E-state index contributed by atoms with van der Waals surface area (Å²) in [4.78, 5) is 0. The molecule has 2 unspecified atom stereocenters. The minimum absolute atomic E-state index is 0.0247. The van der Waals surface area contributed by atoms with Gasteiger partial charge in [0.1, 0.15) is 5.75 Å². The molecule has 118 valence electrons. The van der Waals surface area contributed by atoms with E-state index < -0.39 is 0 Å². The highest BCUT2D eigenvalue weighted by atomic mass is 35.5. The summed E-state index contributed by atoms with van der Waals surface area (Å²) in [5.74, 6) is 7.11. The molecule has 0 saturated carbocycles. The molecule has 21 heavy (non-hydrogen) atoms. The first kappa shape index (κ1) is 16.6. The summed E-state index contributed by atoms with van der Waals surface area (Å²) >= 11 is 6.22. The molecule has 1 aliphatic rings. The van der Waals surface area contributed by atoms with Crippen LogP contribution in [0.2, 0.25) is 5.02 Å². The standard InChI is InChI=1S/C16H25ClN2O2/c1-4-20-15(10(2)3)14(19-18)9-12-8-13(17)7-11-5-6-21-16(11)12/h7-8,10,14-15,19H,4-6,9,18H2,1-3H3. The molecule has 1 aromatic carbocycles. The maximum atomic E-state index is 6.22. The highest BCUT2D eigenvalue weighted by Crippen LogP contribution is 2.34. The van der Waals surface area contributed by atoms with E-state index in [1.54, 1.807) is 0 Å². The van der Waals surface area contributed by atoms with Crippen molar-refractivity contribution >= 4 is 11.6 Å². The summed E-state index contributed by atoms with van der Waals surface area (Å²) in [6.07, 6.45) is 1.71. The van der Waals surface area contributed by atoms with Gasteiger partial charge in [-0.2, -0.15) is 0 Å². The Kier molecular flexibility index (Phi) is 5.88. The van der Waals surface area contributed by atoms with Crippen LogP contribution in [-0.2, 0) is 17.6 Å². The van der Waals surface area contributed by atoms with Crippen molar-refractivity contribution in [3.8, 4) is 5.75 Å². The van der Waals surface area contributed by atoms with Gasteiger partial charge in [-0.15, -0.1) is 0 Å². The van der Waals surface area contributed by atoms with E-state index in [4.69, 9.17) is 26.9 Å². The van der Waals surface area contributed by atoms with Gasteiger partial charge in [-0.25, -0.2) is 0 Å². The third-order valence-electron chi connectivity index (χ3n) is 3.89. The van der Waals surface area contributed by atoms with E-state index in [0.29, 0.717) is 12.5 Å². The molecule has 1 heterocycles. The van der Waals surface area contributed by atoms with Crippen LogP contribution in [0.4, 0.5) is 0 Å². The molecular weight excluding hydrogens is 288 g/mol. The van der Waals surface area contributed by atoms with Crippen molar-refractivity contribution in [2.45, 2.75) is 45.8 Å². The molecular formula is C16H25ClN2O2. The Bertz CT molecular complexity index is 480. The van der Waals surface area contributed by atoms with Gasteiger partial charge < -0.3 is 9.47 Å². The highest BCUT2D eigenvalue weighted by Gasteiger charge is 2.27. The van der Waals surface area contributed by atoms with E-state index in [-0.39, 0.29) is 12.1 Å². The van der Waals surface area contributed by atoms with Gasteiger partial charge >= 0.3 is 0 Å². The molecule has 0 aromatic heterocycles. The molecule has 0 aliphatic carbocycles. The van der Waals surface area contributed by atoms with Gasteiger partial charge in [0.25, 0.3) is 0 Å². The number of nitrogens with one attached hydrogen (secondary N) is 1. The number of benzene rings is 1. The largest absolute Gasteiger partial charge is 0.493 e. The SMILES string of the molecule is CCOC(C(C)C)C(Cc1cc(Cl)cc2c1OCC2)NN. The van der Waals surface area contributed by atoms with Crippen LogP contribution >= 0.6 is 11.6 Å². The molecule has 2 rings (SSSR count). The average molecular weight is 313 g/mol. The van der Waals surface area contributed by atoms with Crippen molar-refractivity contribution < 1.29 is 9.47 Å². The molecule has 0 fully saturated rings. The zero-order chi connectivity index (χ0) is 15.4. The minimum Gasteiger partial charge on any atom is -0.493 e. The van der Waals surface area contributed by atoms with E-state index in [2.05, 4.69) is 19.3 Å². The second-order valence-corrected chi connectivity index (χ2v) is 6.23. The monoisotopic (exact) mass is 312 g/mol. The zero-order valence-electron chi connectivity index (χ0n) is 13.0. The summed E-state index contributed by atoms with van der Waals surface area (Å²) in [5.41, 5.74) is 5.19. The fourth-order valence-electron chi connectivity index (χ4n) is 2.97. The number of hydrogen-bond donors (Lipinski definition) is 2. The van der Waals surface area contributed by atoms with E-state index in [1.807, 2.05) is 19.1 Å². The molecule has 0 saturated heterocycles. The molecule has 5 heteroatoms. The Balaban J connectivity index is 2.22. The first-order valence-corrected chi connectivity index (χ1v) is 7.96. The predicted molar refractivity (Wildman–Crippen MR) is 85.7 cm³/mol. The third-order valence-corrected chi connectivity index (χ3v) is 4.11. The second kappa shape index (κ2) is 7.45. The summed E-state index contributed by atoms with van der Waals surface area (Å²) in [6.45, 7) is 7.68. The molecule has 1 aliphatic heterocycles. The number of ether oxygens (including phenoxy) is 2. The highest BCUT2D eigenvalue weighted by molar-refractivity contribution is 6.30. The van der Waals surface area contributed by atoms with E-state index in [0.717, 1.165) is 35.8 Å². The predicted octanol–water partition coefficient (Wildman–Crippen LogP) is 2.71. The lowest BCUT2D eigenvalue weighted by Gasteiger charge is -2.30. The Labute approximate surface area is 131 Å². The number of rotatable bonds is 7. The summed E-state index contributed by atoms with van der Waals surface area (Å²) in [7, 11) is 0. The van der Waals surface area contributed by atoms with Gasteiger partial charge in [-0.05, 0) is 42.5 Å². The number of fused-ring (bicyclic) bond motifs is 1. The van der Waals surface area contributed by atoms with Crippen molar-refractivity contribution in [3.05, 3.63) is 28.3 Å². The van der Waals surface area contributed by atoms with Crippen LogP contribution in [0, 0.1) is 5.92 Å². The Hall–Kier alpha value is -0.810. The number of hydrogen-bond acceptors (Lipinski definition) is 4. The van der Waals surface area contributed by atoms with Crippen LogP contribution in [-0.4, -0.2) is 25.4 Å². The lowest BCUT2D eigenvalue weighted by Crippen LogP contribution is -2.49. The fourth-order valence-corrected chi connectivity index (χ4v) is 3.23. The molecule has 2 atom stereocenters. The topological polar surface area (TPSA) is 56.5 Å². The van der Waals surface area contributed by atoms with Crippen molar-refractivity contribution in [1.29, 1.82) is 0 Å². The van der Waals surface area contributed by atoms with Gasteiger partial charge in [0.05, 0.1) is 18.8 Å². The van der Waals surface area contributed by atoms with Crippen LogP contribution in [0.25, 0.3) is 0 Å². The lowest BCUT2D eigenvalue weighted by molar-refractivity contribution is 0.00345. The van der Waals surface area contributed by atoms with Crippen molar-refractivity contribution in [2.24, 2.45) is 11.8 Å². The number of nitrogens with two attached hydrogens (primary N) is 1. The van der Waals surface area contributed by atoms with E-state index in [9.17, 15) is 0 Å². The molecule has 1 aromatic rings. The lowest BCUT2D eigenvalue weighted by atomic mass is 9.93. The Morgan fingerprint density at radius 3 is 2.81 bits per heavy atom. The van der Waals surface area contributed by atoms with Gasteiger partial charge in [0.15, 0.2) is 0 Å². The number of hydrazine groups is 1. The van der Waals surface area contributed by atoms with Gasteiger partial charge in [0.2, 0.25) is 0 Å². The van der Waals surface area contributed by atoms with Gasteiger partial charge in [-0.1, -0.05) is 25.4 Å². The van der Waals surface area contributed by atoms with Crippen molar-refractivity contribution in [2.75, 3.05) is 13.2 Å². The minimum atomic E-state index is 0.0247. The van der Waals surface area contributed by atoms with Crippen molar-refractivity contribution in [1.82, 2.24) is 5.43 Å². The molecule has 3 N–H and O–H groups in total. The first-order chi connectivity index (χ1) is 10.1. The summed E-state index contributed by atoms with van der Waals surface area (Å²) in [6, 6.07) is 3.98. The van der Waals surface area contributed by atoms with Gasteiger partial charge in [-0.3, -0.25) is 11.3 Å². The Morgan fingerprint density at radius 1 is 1.43 bits per heavy atom. The molecule has 4 nitrogen and oxygen atoms in total. The molecule has 0 radical (unpaired) electrons. The fraction of sp³-hybridized carbons (Fsp3) is 0.625. The van der Waals surface area contributed by atoms with Crippen LogP contribution < -0.4 is 16.0 Å². The first-order valence-electron chi connectivity index (χ1n) is 7.58. The Morgan fingerprint density at radius 2 is 2.19 bits per heavy atom. The van der Waals surface area contributed by atoms with E-state index in [1.165, 1.54) is 5.56 Å². The maximum Gasteiger partial charge on any atom is 0.125 e. The molecule has 0 amide bonds. The smallest absolute Gasteiger partial charge is 0.125 e. The molecule has 0 spiro atoms. The van der Waals surface area contributed by atoms with Crippen LogP contribution in [0.3, 0.4) is 0 Å². The number of halogens is 1. The summed E-state index contributed by atoms with van der Waals surface area (Å²) < 4.78 is 11.6. The van der Waals surface area contributed by atoms with Crippen molar-refractivity contribution in [3.63, 3.8) is 0 Å². The normalized spacial score (nSPS) is 16.7. The molecule has 0 bridgehead atoms. The zero-order valence-corrected chi connectivity index (χ0v) is 13.7. The van der Waals surface area contributed by atoms with Crippen LogP contribution in [0.1, 0.15) is 31.9 Å². The van der Waals surface area contributed by atoms with Crippen LogP contribution in [0.15, 0.2) is 12.1 Å².